The molecule has 1 aromatic heterocycles. The van der Waals surface area contributed by atoms with Gasteiger partial charge in [0.15, 0.2) is 0 Å². The molecule has 0 fully saturated rings. The number of fused-ring (bicyclic) bond motifs is 16. The second-order valence-corrected chi connectivity index (χ2v) is 20.7. The molecule has 0 unspecified atom stereocenters. The molecule has 0 saturated heterocycles. The number of benzene rings is 9. The highest BCUT2D eigenvalue weighted by atomic mass is 15.2. The minimum absolute atomic E-state index is 0.0726. The summed E-state index contributed by atoms with van der Waals surface area (Å²) in [6.45, 7) is 6.84. The van der Waals surface area contributed by atoms with Gasteiger partial charge in [-0.3, -0.25) is 0 Å². The van der Waals surface area contributed by atoms with Gasteiger partial charge < -0.3 is 14.3 Å². The minimum atomic E-state index is -0.504. The van der Waals surface area contributed by atoms with Gasteiger partial charge in [-0.15, -0.1) is 0 Å². The van der Waals surface area contributed by atoms with Gasteiger partial charge in [-0.1, -0.05) is 167 Å². The quantitative estimate of drug-likeness (QED) is 0.113. The lowest BCUT2D eigenvalue weighted by atomic mass is 9.42. The average molecular weight is 916 g/mol. The van der Waals surface area contributed by atoms with Crippen molar-refractivity contribution in [3.05, 3.63) is 227 Å². The number of hydrogen-bond acceptors (Lipinski definition) is 2. The summed E-state index contributed by atoms with van der Waals surface area (Å²) in [5.74, 6) is 0. The monoisotopic (exact) mass is 915 g/mol. The molecular formula is C67H58BN3. The van der Waals surface area contributed by atoms with Crippen molar-refractivity contribution in [3.8, 4) is 27.9 Å². The van der Waals surface area contributed by atoms with Crippen LogP contribution in [0.4, 0.5) is 28.4 Å². The number of unbranched alkanes of at least 4 members (excludes halogenated alkanes) is 3. The van der Waals surface area contributed by atoms with Crippen molar-refractivity contribution >= 4 is 68.0 Å². The van der Waals surface area contributed by atoms with Crippen LogP contribution in [0.15, 0.2) is 188 Å². The molecule has 0 saturated carbocycles. The summed E-state index contributed by atoms with van der Waals surface area (Å²) >= 11 is 0. The van der Waals surface area contributed by atoms with Crippen molar-refractivity contribution in [2.75, 3.05) is 9.71 Å². The van der Waals surface area contributed by atoms with Crippen molar-refractivity contribution in [2.24, 2.45) is 0 Å². The molecule has 1 aliphatic carbocycles. The molecule has 1 spiro atoms. The summed E-state index contributed by atoms with van der Waals surface area (Å²) in [7, 11) is 0. The Hall–Kier alpha value is -7.56. The van der Waals surface area contributed by atoms with Gasteiger partial charge in [-0.05, 0) is 166 Å². The second kappa shape index (κ2) is 16.5. The molecule has 4 heterocycles. The van der Waals surface area contributed by atoms with Crippen molar-refractivity contribution in [2.45, 2.75) is 84.0 Å². The molecule has 4 heteroatoms. The van der Waals surface area contributed by atoms with Crippen LogP contribution in [0, 0.1) is 0 Å². The summed E-state index contributed by atoms with van der Waals surface area (Å²) < 4.78 is 2.68. The van der Waals surface area contributed by atoms with Crippen LogP contribution in [0.2, 0.25) is 0 Å². The van der Waals surface area contributed by atoms with Gasteiger partial charge in [0.25, 0.3) is 0 Å². The summed E-state index contributed by atoms with van der Waals surface area (Å²) in [4.78, 5) is 5.31. The van der Waals surface area contributed by atoms with Crippen LogP contribution in [0.3, 0.4) is 0 Å². The zero-order valence-electron chi connectivity index (χ0n) is 41.2. The Kier molecular flexibility index (Phi) is 9.85. The molecule has 0 atom stereocenters. The Labute approximate surface area is 419 Å². The third-order valence-corrected chi connectivity index (χ3v) is 16.6. The molecule has 0 N–H and O–H groups in total. The highest BCUT2D eigenvalue weighted by Crippen LogP contribution is 2.64. The minimum Gasteiger partial charge on any atom is -0.376 e. The number of nitrogens with zero attached hydrogens (tertiary/aromatic N) is 3. The van der Waals surface area contributed by atoms with Gasteiger partial charge in [0.1, 0.15) is 0 Å². The number of aryl methyl sites for hydroxylation is 3. The van der Waals surface area contributed by atoms with E-state index >= 15 is 0 Å². The standard InChI is InChI=1S/C67H58BN3/c1-4-7-20-44-33-36-48(37-34-44)69(47-23-11-10-12-24-47)49-42-54-52-27-19-31-59-65(52)71(62-32-18-17-30-58(62)67(59)56-28-15-13-25-50(56)51-26-14-16-29-57(51)67)68-60-41-46(22-9-6-3)40-55-53-39-45(21-8-5-2)35-38-61(53)70(66(55)60)63(43-49)64(54)68/h10-19,23-43H,4-9,20-22H2,1-3H3. The first-order chi connectivity index (χ1) is 35.1. The molecule has 0 bridgehead atoms. The first-order valence-corrected chi connectivity index (χ1v) is 26.6. The highest BCUT2D eigenvalue weighted by molar-refractivity contribution is 6.93. The normalized spacial score (nSPS) is 13.8. The van der Waals surface area contributed by atoms with E-state index in [0.29, 0.717) is 0 Å². The number of rotatable bonds is 12. The molecule has 0 radical (unpaired) electrons. The summed E-state index contributed by atoms with van der Waals surface area (Å²) in [6.07, 6.45) is 10.3. The van der Waals surface area contributed by atoms with Crippen LogP contribution in [-0.2, 0) is 24.7 Å². The van der Waals surface area contributed by atoms with Gasteiger partial charge in [-0.25, -0.2) is 0 Å². The average Bonchev–Trinajstić information content (AvgIpc) is 3.92. The maximum absolute atomic E-state index is 2.80. The lowest BCUT2D eigenvalue weighted by Gasteiger charge is -2.51. The van der Waals surface area contributed by atoms with Gasteiger partial charge in [0, 0.05) is 50.5 Å². The number of para-hydroxylation sites is 3. The van der Waals surface area contributed by atoms with Crippen LogP contribution in [0.1, 0.15) is 98.2 Å². The van der Waals surface area contributed by atoms with E-state index in [9.17, 15) is 0 Å². The maximum Gasteiger partial charge on any atom is 0.333 e. The molecule has 9 aromatic carbocycles. The van der Waals surface area contributed by atoms with Crippen LogP contribution < -0.4 is 20.6 Å². The molecule has 14 rings (SSSR count). The third kappa shape index (κ3) is 6.03. The maximum atomic E-state index is 2.80. The SMILES string of the molecule is CCCCc1ccc(N(c2ccccc2)c2cc3c4c(c2)-n2c5ccc(CCCC)cc5c5cc(CCCC)cc(c52)B4N2c4ccccc4C4(c5ccccc5-c5ccccc54)c4cccc-3c42)cc1. The molecule has 3 aliphatic heterocycles. The smallest absolute Gasteiger partial charge is 0.333 e. The number of anilines is 5. The Bertz CT molecular complexity index is 3700. The Morgan fingerprint density at radius 1 is 0.437 bits per heavy atom. The van der Waals surface area contributed by atoms with E-state index in [1.807, 2.05) is 0 Å². The number of hydrogen-bond donors (Lipinski definition) is 0. The van der Waals surface area contributed by atoms with E-state index in [2.05, 4.69) is 223 Å². The predicted molar refractivity (Wildman–Crippen MR) is 301 cm³/mol. The fourth-order valence-corrected chi connectivity index (χ4v) is 13.6. The fraction of sp³-hybridized carbons (Fsp3) is 0.194. The molecule has 0 amide bonds. The van der Waals surface area contributed by atoms with Gasteiger partial charge >= 0.3 is 6.85 Å². The topological polar surface area (TPSA) is 11.4 Å². The number of aromatic nitrogens is 1. The second-order valence-electron chi connectivity index (χ2n) is 20.7. The Morgan fingerprint density at radius 2 is 1.03 bits per heavy atom. The molecule has 10 aromatic rings. The summed E-state index contributed by atoms with van der Waals surface area (Å²) in [6, 6.07) is 73.3. The molecule has 71 heavy (non-hydrogen) atoms. The van der Waals surface area contributed by atoms with E-state index < -0.39 is 5.41 Å². The van der Waals surface area contributed by atoms with E-state index in [-0.39, 0.29) is 6.85 Å². The summed E-state index contributed by atoms with van der Waals surface area (Å²) in [5, 5.41) is 2.74. The van der Waals surface area contributed by atoms with Crippen LogP contribution in [0.25, 0.3) is 49.7 Å². The van der Waals surface area contributed by atoms with Crippen molar-refractivity contribution in [1.29, 1.82) is 0 Å². The summed E-state index contributed by atoms with van der Waals surface area (Å²) in [5.41, 5.74) is 27.2. The Balaban J connectivity index is 1.13. The zero-order valence-corrected chi connectivity index (χ0v) is 41.2. The van der Waals surface area contributed by atoms with Gasteiger partial charge in [0.2, 0.25) is 0 Å². The van der Waals surface area contributed by atoms with Crippen LogP contribution >= 0.6 is 0 Å². The fourth-order valence-electron chi connectivity index (χ4n) is 13.6. The molecule has 3 nitrogen and oxygen atoms in total. The largest absolute Gasteiger partial charge is 0.376 e. The first kappa shape index (κ1) is 42.3. The predicted octanol–water partition coefficient (Wildman–Crippen LogP) is 16.2. The van der Waals surface area contributed by atoms with E-state index in [1.165, 1.54) is 142 Å². The lowest BCUT2D eigenvalue weighted by Crippen LogP contribution is -2.62. The van der Waals surface area contributed by atoms with Crippen LogP contribution in [-0.4, -0.2) is 11.4 Å². The van der Waals surface area contributed by atoms with Crippen molar-refractivity contribution in [3.63, 3.8) is 0 Å². The van der Waals surface area contributed by atoms with Gasteiger partial charge in [-0.2, -0.15) is 0 Å². The molecule has 344 valence electrons. The van der Waals surface area contributed by atoms with Crippen molar-refractivity contribution in [1.82, 2.24) is 4.57 Å². The molecular weight excluding hydrogens is 858 g/mol. The van der Waals surface area contributed by atoms with Gasteiger partial charge in [0.05, 0.1) is 16.4 Å². The van der Waals surface area contributed by atoms with E-state index in [0.717, 1.165) is 43.5 Å². The third-order valence-electron chi connectivity index (χ3n) is 16.6. The van der Waals surface area contributed by atoms with Crippen LogP contribution in [0.5, 0.6) is 0 Å². The first-order valence-electron chi connectivity index (χ1n) is 26.6. The zero-order chi connectivity index (χ0) is 47.4. The lowest BCUT2D eigenvalue weighted by molar-refractivity contribution is 0.756. The van der Waals surface area contributed by atoms with Crippen molar-refractivity contribution < 1.29 is 0 Å². The highest BCUT2D eigenvalue weighted by Gasteiger charge is 2.56. The Morgan fingerprint density at radius 3 is 1.76 bits per heavy atom. The van der Waals surface area contributed by atoms with E-state index in [4.69, 9.17) is 0 Å². The molecule has 4 aliphatic rings. The van der Waals surface area contributed by atoms with E-state index in [1.54, 1.807) is 0 Å².